The highest BCUT2D eigenvalue weighted by atomic mass is 16.5. The first-order chi connectivity index (χ1) is 11.6. The van der Waals surface area contributed by atoms with E-state index < -0.39 is 0 Å². The van der Waals surface area contributed by atoms with Crippen LogP contribution >= 0.6 is 0 Å². The van der Waals surface area contributed by atoms with E-state index in [4.69, 9.17) is 9.47 Å². The lowest BCUT2D eigenvalue weighted by molar-refractivity contribution is -0.141. The lowest BCUT2D eigenvalue weighted by Crippen LogP contribution is -2.28. The minimum absolute atomic E-state index is 0.0357. The molecule has 1 aliphatic rings. The summed E-state index contributed by atoms with van der Waals surface area (Å²) in [4.78, 5) is 30.5. The number of carbonyl (C=O) groups is 2. The maximum absolute atomic E-state index is 12.2. The highest BCUT2D eigenvalue weighted by molar-refractivity contribution is 5.82. The molecule has 1 fully saturated rings. The van der Waals surface area contributed by atoms with Crippen molar-refractivity contribution in [1.29, 1.82) is 0 Å². The quantitative estimate of drug-likeness (QED) is 0.743. The van der Waals surface area contributed by atoms with E-state index in [9.17, 15) is 9.59 Å². The Morgan fingerprint density at radius 2 is 2.12 bits per heavy atom. The van der Waals surface area contributed by atoms with Gasteiger partial charge in [0, 0.05) is 32.5 Å². The summed E-state index contributed by atoms with van der Waals surface area (Å²) < 4.78 is 11.7. The summed E-state index contributed by atoms with van der Waals surface area (Å²) in [7, 11) is 2.99. The molecule has 1 amide bonds. The molecule has 0 saturated carbocycles. The maximum Gasteiger partial charge on any atom is 0.325 e. The number of carbonyl (C=O) groups excluding carboxylic acids is 2. The summed E-state index contributed by atoms with van der Waals surface area (Å²) in [5, 5.41) is 0. The largest absolute Gasteiger partial charge is 0.468 e. The number of esters is 1. The van der Waals surface area contributed by atoms with E-state index in [0.717, 1.165) is 16.9 Å². The molecule has 0 radical (unpaired) electrons. The van der Waals surface area contributed by atoms with Crippen LogP contribution in [0.1, 0.15) is 18.2 Å². The number of fused-ring (bicyclic) bond motifs is 1. The number of hydrogen-bond donors (Lipinski definition) is 0. The third-order valence-corrected chi connectivity index (χ3v) is 4.34. The number of ether oxygens (including phenoxy) is 2. The molecule has 3 rings (SSSR count). The Hall–Kier alpha value is -2.41. The van der Waals surface area contributed by atoms with Gasteiger partial charge in [0.1, 0.15) is 12.4 Å². The van der Waals surface area contributed by atoms with Crippen molar-refractivity contribution >= 4 is 22.9 Å². The molecule has 7 nitrogen and oxygen atoms in total. The number of para-hydroxylation sites is 2. The van der Waals surface area contributed by atoms with Gasteiger partial charge >= 0.3 is 5.97 Å². The van der Waals surface area contributed by atoms with Crippen molar-refractivity contribution in [2.45, 2.75) is 18.9 Å². The molecule has 1 aromatic heterocycles. The third-order valence-electron chi connectivity index (χ3n) is 4.34. The van der Waals surface area contributed by atoms with Gasteiger partial charge in [0.05, 0.1) is 24.8 Å². The van der Waals surface area contributed by atoms with E-state index in [-0.39, 0.29) is 24.3 Å². The first-order valence-electron chi connectivity index (χ1n) is 7.92. The molecule has 0 N–H and O–H groups in total. The van der Waals surface area contributed by atoms with Crippen LogP contribution in [0.2, 0.25) is 0 Å². The number of rotatable bonds is 6. The van der Waals surface area contributed by atoms with E-state index >= 15 is 0 Å². The molecule has 1 atom stereocenters. The van der Waals surface area contributed by atoms with Gasteiger partial charge in [0.2, 0.25) is 5.91 Å². The molecular formula is C17H21N3O4. The average Bonchev–Trinajstić information content (AvgIpc) is 3.14. The molecule has 0 aliphatic carbocycles. The summed E-state index contributed by atoms with van der Waals surface area (Å²) in [6.07, 6.45) is 0.397. The van der Waals surface area contributed by atoms with Crippen LogP contribution in [0.3, 0.4) is 0 Å². The van der Waals surface area contributed by atoms with Crippen LogP contribution in [0, 0.1) is 0 Å². The highest BCUT2D eigenvalue weighted by Crippen LogP contribution is 2.30. The van der Waals surface area contributed by atoms with Crippen molar-refractivity contribution in [2.24, 2.45) is 0 Å². The van der Waals surface area contributed by atoms with E-state index in [2.05, 4.69) is 4.98 Å². The standard InChI is InChI=1S/C17H21N3O4/c1-23-8-7-19-10-12(9-15(19)21)17-18-13-5-3-4-6-14(13)20(17)11-16(22)24-2/h3-6,12H,7-11H2,1-2H3/t12-/m0/s1. The number of amides is 1. The zero-order valence-corrected chi connectivity index (χ0v) is 13.9. The minimum Gasteiger partial charge on any atom is -0.468 e. The number of methoxy groups -OCH3 is 2. The first kappa shape index (κ1) is 16.4. The lowest BCUT2D eigenvalue weighted by atomic mass is 10.1. The predicted octanol–water partition coefficient (Wildman–Crippen LogP) is 1.17. The molecule has 1 aliphatic heterocycles. The first-order valence-corrected chi connectivity index (χ1v) is 7.92. The van der Waals surface area contributed by atoms with Crippen molar-refractivity contribution in [3.63, 3.8) is 0 Å². The second kappa shape index (κ2) is 7.00. The zero-order chi connectivity index (χ0) is 17.1. The Morgan fingerprint density at radius 3 is 2.88 bits per heavy atom. The van der Waals surface area contributed by atoms with Crippen LogP contribution in [0.4, 0.5) is 0 Å². The molecule has 128 valence electrons. The Labute approximate surface area is 140 Å². The molecule has 0 bridgehead atoms. The summed E-state index contributed by atoms with van der Waals surface area (Å²) in [5.41, 5.74) is 1.69. The molecule has 0 spiro atoms. The Morgan fingerprint density at radius 1 is 1.33 bits per heavy atom. The second-order valence-corrected chi connectivity index (χ2v) is 5.85. The van der Waals surface area contributed by atoms with Gasteiger partial charge in [-0.3, -0.25) is 9.59 Å². The van der Waals surface area contributed by atoms with Crippen molar-refractivity contribution in [1.82, 2.24) is 14.5 Å². The maximum atomic E-state index is 12.2. The van der Waals surface area contributed by atoms with Crippen molar-refractivity contribution in [2.75, 3.05) is 33.9 Å². The monoisotopic (exact) mass is 331 g/mol. The second-order valence-electron chi connectivity index (χ2n) is 5.85. The normalized spacial score (nSPS) is 17.7. The summed E-state index contributed by atoms with van der Waals surface area (Å²) in [5.74, 6) is 0.481. The van der Waals surface area contributed by atoms with Crippen molar-refractivity contribution < 1.29 is 19.1 Å². The van der Waals surface area contributed by atoms with E-state index in [1.54, 1.807) is 12.0 Å². The van der Waals surface area contributed by atoms with Gasteiger partial charge in [-0.15, -0.1) is 0 Å². The Bertz CT molecular complexity index is 755. The van der Waals surface area contributed by atoms with Gasteiger partial charge < -0.3 is 18.9 Å². The Kier molecular flexibility index (Phi) is 4.80. The highest BCUT2D eigenvalue weighted by Gasteiger charge is 2.34. The van der Waals surface area contributed by atoms with Gasteiger partial charge in [-0.25, -0.2) is 4.98 Å². The fourth-order valence-corrected chi connectivity index (χ4v) is 3.13. The predicted molar refractivity (Wildman–Crippen MR) is 87.6 cm³/mol. The van der Waals surface area contributed by atoms with Gasteiger partial charge in [0.25, 0.3) is 0 Å². The molecule has 1 saturated heterocycles. The minimum atomic E-state index is -0.333. The average molecular weight is 331 g/mol. The Balaban J connectivity index is 1.92. The van der Waals surface area contributed by atoms with Gasteiger partial charge in [-0.05, 0) is 12.1 Å². The summed E-state index contributed by atoms with van der Waals surface area (Å²) in [6, 6.07) is 7.65. The van der Waals surface area contributed by atoms with Crippen LogP contribution in [-0.4, -0.2) is 60.2 Å². The number of benzene rings is 1. The molecule has 7 heteroatoms. The van der Waals surface area contributed by atoms with Crippen LogP contribution in [0.25, 0.3) is 11.0 Å². The number of hydrogen-bond acceptors (Lipinski definition) is 5. The molecular weight excluding hydrogens is 310 g/mol. The summed E-state index contributed by atoms with van der Waals surface area (Å²) >= 11 is 0. The SMILES string of the molecule is COCCN1C[C@@H](c2nc3ccccc3n2CC(=O)OC)CC1=O. The van der Waals surface area contributed by atoms with E-state index in [1.807, 2.05) is 28.8 Å². The fourth-order valence-electron chi connectivity index (χ4n) is 3.13. The van der Waals surface area contributed by atoms with E-state index in [1.165, 1.54) is 7.11 Å². The lowest BCUT2D eigenvalue weighted by Gasteiger charge is -2.16. The van der Waals surface area contributed by atoms with Gasteiger partial charge in [0.15, 0.2) is 0 Å². The topological polar surface area (TPSA) is 73.7 Å². The van der Waals surface area contributed by atoms with Crippen LogP contribution in [0.15, 0.2) is 24.3 Å². The number of nitrogens with zero attached hydrogens (tertiary/aromatic N) is 3. The zero-order valence-electron chi connectivity index (χ0n) is 13.9. The molecule has 2 aromatic rings. The molecule has 2 heterocycles. The third kappa shape index (κ3) is 3.12. The van der Waals surface area contributed by atoms with E-state index in [0.29, 0.717) is 26.1 Å². The molecule has 0 unspecified atom stereocenters. The molecule has 1 aromatic carbocycles. The van der Waals surface area contributed by atoms with Crippen molar-refractivity contribution in [3.05, 3.63) is 30.1 Å². The molecule has 24 heavy (non-hydrogen) atoms. The van der Waals surface area contributed by atoms with Crippen LogP contribution in [-0.2, 0) is 25.6 Å². The van der Waals surface area contributed by atoms with Gasteiger partial charge in [-0.1, -0.05) is 12.1 Å². The number of aromatic nitrogens is 2. The van der Waals surface area contributed by atoms with Crippen molar-refractivity contribution in [3.8, 4) is 0 Å². The van der Waals surface area contributed by atoms with Crippen LogP contribution < -0.4 is 0 Å². The summed E-state index contributed by atoms with van der Waals surface area (Å²) in [6.45, 7) is 1.77. The van der Waals surface area contributed by atoms with Gasteiger partial charge in [-0.2, -0.15) is 0 Å². The van der Waals surface area contributed by atoms with Crippen LogP contribution in [0.5, 0.6) is 0 Å². The number of likely N-dealkylation sites (tertiary alicyclic amines) is 1. The fraction of sp³-hybridized carbons (Fsp3) is 0.471. The number of imidazole rings is 1. The smallest absolute Gasteiger partial charge is 0.325 e.